The SMILES string of the molecule is COc1cc2c(c(OC)c1OC)-c1ccc(C(N)=O)cc1C(C=NC(C)=O)CC2. The summed E-state index contributed by atoms with van der Waals surface area (Å²) in [5, 5.41) is 0. The third-order valence-corrected chi connectivity index (χ3v) is 5.08. The Kier molecular flexibility index (Phi) is 5.87. The van der Waals surface area contributed by atoms with E-state index in [0.717, 1.165) is 22.3 Å². The maximum absolute atomic E-state index is 11.8. The van der Waals surface area contributed by atoms with Crippen molar-refractivity contribution in [1.29, 1.82) is 0 Å². The molecule has 0 heterocycles. The van der Waals surface area contributed by atoms with Gasteiger partial charge in [-0.3, -0.25) is 9.59 Å². The lowest BCUT2D eigenvalue weighted by Crippen LogP contribution is -2.12. The summed E-state index contributed by atoms with van der Waals surface area (Å²) < 4.78 is 16.8. The molecule has 0 saturated heterocycles. The topological polar surface area (TPSA) is 100 Å². The van der Waals surface area contributed by atoms with Crippen LogP contribution in [0.4, 0.5) is 0 Å². The molecule has 1 unspecified atom stereocenters. The first-order valence-corrected chi connectivity index (χ1v) is 9.22. The van der Waals surface area contributed by atoms with Crippen LogP contribution in [0, 0.1) is 0 Å². The second kappa shape index (κ2) is 8.34. The van der Waals surface area contributed by atoms with Crippen molar-refractivity contribution in [3.8, 4) is 28.4 Å². The predicted octanol–water partition coefficient (Wildman–Crippen LogP) is 3.13. The molecule has 2 aromatic rings. The van der Waals surface area contributed by atoms with Crippen LogP contribution in [0.25, 0.3) is 11.1 Å². The third kappa shape index (κ3) is 3.81. The number of primary amides is 1. The number of nitrogens with zero attached hydrogens (tertiary/aromatic N) is 1. The maximum atomic E-state index is 11.8. The highest BCUT2D eigenvalue weighted by molar-refractivity contribution is 5.96. The van der Waals surface area contributed by atoms with Gasteiger partial charge < -0.3 is 19.9 Å². The molecular weight excluding hydrogens is 372 g/mol. The summed E-state index contributed by atoms with van der Waals surface area (Å²) in [7, 11) is 4.72. The minimum absolute atomic E-state index is 0.165. The molecule has 0 aliphatic heterocycles. The number of nitrogens with two attached hydrogens (primary N) is 1. The van der Waals surface area contributed by atoms with Crippen LogP contribution in [0.3, 0.4) is 0 Å². The normalized spacial score (nSPS) is 15.2. The highest BCUT2D eigenvalue weighted by atomic mass is 16.5. The maximum Gasteiger partial charge on any atom is 0.248 e. The van der Waals surface area contributed by atoms with Crippen molar-refractivity contribution < 1.29 is 23.8 Å². The van der Waals surface area contributed by atoms with Gasteiger partial charge in [0.25, 0.3) is 0 Å². The van der Waals surface area contributed by atoms with E-state index >= 15 is 0 Å². The van der Waals surface area contributed by atoms with Gasteiger partial charge in [0.1, 0.15) is 0 Å². The van der Waals surface area contributed by atoms with Crippen LogP contribution in [-0.4, -0.2) is 39.4 Å². The van der Waals surface area contributed by atoms with Crippen LogP contribution in [-0.2, 0) is 11.2 Å². The number of fused-ring (bicyclic) bond motifs is 3. The highest BCUT2D eigenvalue weighted by Crippen LogP contribution is 2.50. The minimum atomic E-state index is -0.515. The zero-order chi connectivity index (χ0) is 21.1. The van der Waals surface area contributed by atoms with Gasteiger partial charge in [0, 0.05) is 30.2 Å². The van der Waals surface area contributed by atoms with Crippen LogP contribution in [0.2, 0.25) is 0 Å². The molecule has 0 saturated carbocycles. The van der Waals surface area contributed by atoms with Crippen LogP contribution in [0.1, 0.15) is 40.7 Å². The summed E-state index contributed by atoms with van der Waals surface area (Å²) in [6, 6.07) is 7.24. The molecule has 29 heavy (non-hydrogen) atoms. The smallest absolute Gasteiger partial charge is 0.248 e. The largest absolute Gasteiger partial charge is 0.493 e. The van der Waals surface area contributed by atoms with E-state index < -0.39 is 5.91 Å². The molecule has 152 valence electrons. The van der Waals surface area contributed by atoms with Crippen molar-refractivity contribution in [3.63, 3.8) is 0 Å². The standard InChI is InChI=1S/C22H24N2O5/c1-12(25)24-11-15-6-5-13-10-18(27-2)20(28-3)21(29-4)19(13)16-8-7-14(22(23)26)9-17(15)16/h7-11,15H,5-6H2,1-4H3,(H2,23,26). The van der Waals surface area contributed by atoms with Gasteiger partial charge in [-0.2, -0.15) is 0 Å². The van der Waals surface area contributed by atoms with Gasteiger partial charge in [-0.05, 0) is 47.7 Å². The summed E-state index contributed by atoms with van der Waals surface area (Å²) in [4.78, 5) is 27.2. The fourth-order valence-corrected chi connectivity index (χ4v) is 3.77. The molecule has 7 heteroatoms. The zero-order valence-electron chi connectivity index (χ0n) is 16.9. The lowest BCUT2D eigenvalue weighted by atomic mass is 9.89. The number of carbonyl (C=O) groups excluding carboxylic acids is 2. The number of ether oxygens (including phenoxy) is 3. The van der Waals surface area contributed by atoms with Crippen molar-refractivity contribution in [2.24, 2.45) is 10.7 Å². The first-order chi connectivity index (χ1) is 13.9. The number of methoxy groups -OCH3 is 3. The average molecular weight is 396 g/mol. The molecule has 2 aromatic carbocycles. The number of hydrogen-bond donors (Lipinski definition) is 1. The number of aliphatic imine (C=N–C) groups is 1. The lowest BCUT2D eigenvalue weighted by molar-refractivity contribution is -0.115. The van der Waals surface area contributed by atoms with E-state index in [0.29, 0.717) is 35.7 Å². The van der Waals surface area contributed by atoms with Crippen LogP contribution >= 0.6 is 0 Å². The molecule has 1 aliphatic carbocycles. The summed E-state index contributed by atoms with van der Waals surface area (Å²) in [5.74, 6) is 0.671. The number of rotatable bonds is 5. The molecule has 1 aliphatic rings. The van der Waals surface area contributed by atoms with Crippen molar-refractivity contribution >= 4 is 18.0 Å². The van der Waals surface area contributed by atoms with Crippen LogP contribution in [0.15, 0.2) is 29.3 Å². The van der Waals surface area contributed by atoms with Crippen LogP contribution < -0.4 is 19.9 Å². The number of benzene rings is 2. The van der Waals surface area contributed by atoms with Crippen molar-refractivity contribution in [1.82, 2.24) is 0 Å². The Morgan fingerprint density at radius 1 is 1.10 bits per heavy atom. The van der Waals surface area contributed by atoms with Crippen molar-refractivity contribution in [3.05, 3.63) is 41.0 Å². The summed E-state index contributed by atoms with van der Waals surface area (Å²) in [5.41, 5.74) is 9.52. The van der Waals surface area contributed by atoms with Gasteiger partial charge in [0.2, 0.25) is 17.6 Å². The Morgan fingerprint density at radius 2 is 1.83 bits per heavy atom. The van der Waals surface area contributed by atoms with Gasteiger partial charge in [0.05, 0.1) is 21.3 Å². The number of amides is 2. The molecule has 0 aromatic heterocycles. The average Bonchev–Trinajstić information content (AvgIpc) is 2.86. The molecule has 0 radical (unpaired) electrons. The fourth-order valence-electron chi connectivity index (χ4n) is 3.77. The monoisotopic (exact) mass is 396 g/mol. The van der Waals surface area contributed by atoms with Crippen molar-refractivity contribution in [2.75, 3.05) is 21.3 Å². The first-order valence-electron chi connectivity index (χ1n) is 9.22. The van der Waals surface area contributed by atoms with E-state index in [-0.39, 0.29) is 11.8 Å². The second-order valence-electron chi connectivity index (χ2n) is 6.79. The van der Waals surface area contributed by atoms with Gasteiger partial charge in [-0.1, -0.05) is 6.07 Å². The van der Waals surface area contributed by atoms with E-state index in [1.165, 1.54) is 6.92 Å². The highest BCUT2D eigenvalue weighted by Gasteiger charge is 2.28. The summed E-state index contributed by atoms with van der Waals surface area (Å²) >= 11 is 0. The fraction of sp³-hybridized carbons (Fsp3) is 0.318. The molecule has 0 spiro atoms. The van der Waals surface area contributed by atoms with Gasteiger partial charge in [-0.15, -0.1) is 0 Å². The molecule has 7 nitrogen and oxygen atoms in total. The van der Waals surface area contributed by atoms with E-state index in [4.69, 9.17) is 19.9 Å². The summed E-state index contributed by atoms with van der Waals surface area (Å²) in [6.07, 6.45) is 3.03. The summed E-state index contributed by atoms with van der Waals surface area (Å²) in [6.45, 7) is 1.40. The molecule has 2 amide bonds. The molecule has 0 fully saturated rings. The minimum Gasteiger partial charge on any atom is -0.493 e. The lowest BCUT2D eigenvalue weighted by Gasteiger charge is -2.20. The molecule has 0 bridgehead atoms. The van der Waals surface area contributed by atoms with Crippen LogP contribution in [0.5, 0.6) is 17.2 Å². The van der Waals surface area contributed by atoms with Gasteiger partial charge in [-0.25, -0.2) is 4.99 Å². The molecule has 1 atom stereocenters. The first kappa shape index (κ1) is 20.4. The Morgan fingerprint density at radius 3 is 2.41 bits per heavy atom. The van der Waals surface area contributed by atoms with E-state index in [2.05, 4.69) is 4.99 Å². The Balaban J connectivity index is 2.33. The van der Waals surface area contributed by atoms with Crippen molar-refractivity contribution in [2.45, 2.75) is 25.7 Å². The molecule has 3 rings (SSSR count). The Bertz CT molecular complexity index is 997. The van der Waals surface area contributed by atoms with E-state index in [1.54, 1.807) is 39.7 Å². The molecular formula is C22H24N2O5. The predicted molar refractivity (Wildman–Crippen MR) is 110 cm³/mol. The Hall–Kier alpha value is -3.35. The van der Waals surface area contributed by atoms with Gasteiger partial charge in [0.15, 0.2) is 11.5 Å². The Labute approximate surface area is 169 Å². The van der Waals surface area contributed by atoms with E-state index in [1.807, 2.05) is 12.1 Å². The van der Waals surface area contributed by atoms with E-state index in [9.17, 15) is 9.59 Å². The number of aryl methyl sites for hydroxylation is 1. The zero-order valence-corrected chi connectivity index (χ0v) is 16.9. The third-order valence-electron chi connectivity index (χ3n) is 5.08. The van der Waals surface area contributed by atoms with Gasteiger partial charge >= 0.3 is 0 Å². The number of carbonyl (C=O) groups is 2. The molecule has 2 N–H and O–H groups in total. The second-order valence-corrected chi connectivity index (χ2v) is 6.79. The quantitative estimate of drug-likeness (QED) is 0.783. The number of hydrogen-bond acceptors (Lipinski definition) is 5.